The molecule has 0 unspecified atom stereocenters. The van der Waals surface area contributed by atoms with Gasteiger partial charge in [-0.3, -0.25) is 4.79 Å². The molecule has 0 bridgehead atoms. The highest BCUT2D eigenvalue weighted by Gasteiger charge is 2.13. The van der Waals surface area contributed by atoms with E-state index in [0.29, 0.717) is 12.3 Å². The molecule has 1 aromatic carbocycles. The van der Waals surface area contributed by atoms with Crippen molar-refractivity contribution in [2.75, 3.05) is 11.9 Å². The number of hydrogen-bond acceptors (Lipinski definition) is 3. The van der Waals surface area contributed by atoms with Gasteiger partial charge in [0.05, 0.1) is 12.8 Å². The van der Waals surface area contributed by atoms with E-state index >= 15 is 0 Å². The Morgan fingerprint density at radius 3 is 2.83 bits per heavy atom. The first kappa shape index (κ1) is 14.3. The summed E-state index contributed by atoms with van der Waals surface area (Å²) in [6.45, 7) is 4.03. The van der Waals surface area contributed by atoms with Crippen LogP contribution in [-0.4, -0.2) is 18.7 Å². The fourth-order valence-electron chi connectivity index (χ4n) is 1.34. The number of amides is 1. The Hall–Kier alpha value is -1.81. The van der Waals surface area contributed by atoms with Crippen molar-refractivity contribution in [3.8, 4) is 0 Å². The molecule has 2 N–H and O–H groups in total. The lowest BCUT2D eigenvalue weighted by Gasteiger charge is -2.08. The summed E-state index contributed by atoms with van der Waals surface area (Å²) in [4.78, 5) is 11.8. The number of ether oxygens (including phenoxy) is 1. The normalized spacial score (nSPS) is 11.5. The first-order valence-electron chi connectivity index (χ1n) is 5.49. The van der Waals surface area contributed by atoms with Gasteiger partial charge >= 0.3 is 0 Å². The van der Waals surface area contributed by atoms with Gasteiger partial charge in [0, 0.05) is 5.69 Å². The lowest BCUT2D eigenvalue weighted by Crippen LogP contribution is -2.14. The third-order valence-electron chi connectivity index (χ3n) is 2.12. The number of anilines is 1. The zero-order chi connectivity index (χ0) is 13.5. The monoisotopic (exact) mass is 266 g/mol. The molecule has 5 heteroatoms. The maximum atomic E-state index is 11.8. The summed E-state index contributed by atoms with van der Waals surface area (Å²) in [6, 6.07) is 7.35. The Morgan fingerprint density at radius 2 is 2.28 bits per heavy atom. The first-order chi connectivity index (χ1) is 8.58. The van der Waals surface area contributed by atoms with Gasteiger partial charge in [0.1, 0.15) is 5.03 Å². The predicted octanol–water partition coefficient (Wildman–Crippen LogP) is 3.07. The molecular weight excluding hydrogens is 252 g/mol. The number of rotatable bonds is 5. The Kier molecular flexibility index (Phi) is 5.39. The molecule has 0 spiro atoms. The fraction of sp³-hybridized carbons (Fsp3) is 0.231. The van der Waals surface area contributed by atoms with Crippen molar-refractivity contribution in [3.05, 3.63) is 40.6 Å². The molecule has 18 heavy (non-hydrogen) atoms. The molecule has 0 aliphatic carbocycles. The highest BCUT2D eigenvalue weighted by Crippen LogP contribution is 2.15. The molecule has 0 heterocycles. The minimum Gasteiger partial charge on any atom is -0.491 e. The number of benzene rings is 1. The SMILES string of the molecule is CCO/C(C=N)=C(\Cl)C(=O)Nc1cccc(C)c1. The second kappa shape index (κ2) is 6.81. The summed E-state index contributed by atoms with van der Waals surface area (Å²) in [5, 5.41) is 9.64. The molecule has 0 aromatic heterocycles. The molecule has 0 atom stereocenters. The standard InChI is InChI=1S/C13H15ClN2O2/c1-3-18-11(8-15)12(14)13(17)16-10-6-4-5-9(2)7-10/h4-8,15H,3H2,1-2H3,(H,16,17)/b12-11-,15-8?. The van der Waals surface area contributed by atoms with E-state index < -0.39 is 5.91 Å². The molecule has 1 amide bonds. The molecule has 96 valence electrons. The Morgan fingerprint density at radius 1 is 1.56 bits per heavy atom. The van der Waals surface area contributed by atoms with Crippen LogP contribution in [0.4, 0.5) is 5.69 Å². The minimum atomic E-state index is -0.491. The number of carbonyl (C=O) groups is 1. The van der Waals surface area contributed by atoms with Crippen molar-refractivity contribution in [1.82, 2.24) is 0 Å². The number of carbonyl (C=O) groups excluding carboxylic acids is 1. The number of hydrogen-bond donors (Lipinski definition) is 2. The molecule has 0 fully saturated rings. The van der Waals surface area contributed by atoms with E-state index in [0.717, 1.165) is 11.8 Å². The number of nitrogens with one attached hydrogen (secondary N) is 2. The number of allylic oxidation sites excluding steroid dienone is 1. The highest BCUT2D eigenvalue weighted by molar-refractivity contribution is 6.45. The Bertz CT molecular complexity index is 484. The summed E-state index contributed by atoms with van der Waals surface area (Å²) in [5.74, 6) is -0.432. The van der Waals surface area contributed by atoms with Gasteiger partial charge in [0.2, 0.25) is 0 Å². The third-order valence-corrected chi connectivity index (χ3v) is 2.48. The lowest BCUT2D eigenvalue weighted by molar-refractivity contribution is -0.112. The van der Waals surface area contributed by atoms with Crippen LogP contribution in [0.15, 0.2) is 35.1 Å². The molecule has 4 nitrogen and oxygen atoms in total. The van der Waals surface area contributed by atoms with Crippen LogP contribution in [0.25, 0.3) is 0 Å². The molecule has 0 saturated carbocycles. The van der Waals surface area contributed by atoms with E-state index in [-0.39, 0.29) is 10.8 Å². The maximum absolute atomic E-state index is 11.8. The average Bonchev–Trinajstić information content (AvgIpc) is 2.35. The van der Waals surface area contributed by atoms with Crippen LogP contribution >= 0.6 is 11.6 Å². The van der Waals surface area contributed by atoms with Crippen LogP contribution in [0.3, 0.4) is 0 Å². The Labute approximate surface area is 111 Å². The summed E-state index contributed by atoms with van der Waals surface area (Å²) in [5.41, 5.74) is 1.68. The molecular formula is C13H15ClN2O2. The summed E-state index contributed by atoms with van der Waals surface area (Å²) in [7, 11) is 0. The first-order valence-corrected chi connectivity index (χ1v) is 5.87. The van der Waals surface area contributed by atoms with Gasteiger partial charge in [0.15, 0.2) is 5.76 Å². The predicted molar refractivity (Wildman–Crippen MR) is 73.1 cm³/mol. The number of aryl methyl sites for hydroxylation is 1. The smallest absolute Gasteiger partial charge is 0.271 e. The Balaban J connectivity index is 2.85. The maximum Gasteiger partial charge on any atom is 0.271 e. The molecule has 1 aromatic rings. The largest absolute Gasteiger partial charge is 0.491 e. The van der Waals surface area contributed by atoms with Gasteiger partial charge in [-0.1, -0.05) is 23.7 Å². The zero-order valence-corrected chi connectivity index (χ0v) is 11.0. The quantitative estimate of drug-likeness (QED) is 0.489. The van der Waals surface area contributed by atoms with Crippen molar-refractivity contribution >= 4 is 29.4 Å². The van der Waals surface area contributed by atoms with Gasteiger partial charge < -0.3 is 15.5 Å². The van der Waals surface area contributed by atoms with Gasteiger partial charge in [0.25, 0.3) is 5.91 Å². The minimum absolute atomic E-state index is 0.0596. The second-order valence-corrected chi connectivity index (χ2v) is 3.96. The number of halogens is 1. The highest BCUT2D eigenvalue weighted by atomic mass is 35.5. The van der Waals surface area contributed by atoms with Crippen molar-refractivity contribution in [3.63, 3.8) is 0 Å². The molecule has 1 rings (SSSR count). The fourth-order valence-corrected chi connectivity index (χ4v) is 1.50. The van der Waals surface area contributed by atoms with Crippen LogP contribution in [0.5, 0.6) is 0 Å². The van der Waals surface area contributed by atoms with Crippen LogP contribution in [0, 0.1) is 12.3 Å². The topological polar surface area (TPSA) is 62.2 Å². The summed E-state index contributed by atoms with van der Waals surface area (Å²) in [6.07, 6.45) is 0.918. The third kappa shape index (κ3) is 3.89. The lowest BCUT2D eigenvalue weighted by atomic mass is 10.2. The molecule has 0 aliphatic rings. The van der Waals surface area contributed by atoms with E-state index in [1.54, 1.807) is 13.0 Å². The van der Waals surface area contributed by atoms with E-state index in [2.05, 4.69) is 5.32 Å². The van der Waals surface area contributed by atoms with Crippen molar-refractivity contribution in [1.29, 1.82) is 5.41 Å². The van der Waals surface area contributed by atoms with E-state index in [1.165, 1.54) is 0 Å². The summed E-state index contributed by atoms with van der Waals surface area (Å²) >= 11 is 5.86. The van der Waals surface area contributed by atoms with Gasteiger partial charge in [-0.15, -0.1) is 0 Å². The average molecular weight is 267 g/mol. The van der Waals surface area contributed by atoms with Gasteiger partial charge in [-0.05, 0) is 31.5 Å². The second-order valence-electron chi connectivity index (χ2n) is 3.58. The van der Waals surface area contributed by atoms with Crippen LogP contribution in [0.1, 0.15) is 12.5 Å². The van der Waals surface area contributed by atoms with E-state index in [4.69, 9.17) is 21.7 Å². The van der Waals surface area contributed by atoms with Crippen LogP contribution in [0.2, 0.25) is 0 Å². The van der Waals surface area contributed by atoms with Crippen molar-refractivity contribution < 1.29 is 9.53 Å². The summed E-state index contributed by atoms with van der Waals surface area (Å²) < 4.78 is 5.08. The molecule has 0 saturated heterocycles. The zero-order valence-electron chi connectivity index (χ0n) is 10.3. The van der Waals surface area contributed by atoms with Gasteiger partial charge in [-0.25, -0.2) is 0 Å². The molecule has 0 aliphatic heterocycles. The molecule has 0 radical (unpaired) electrons. The van der Waals surface area contributed by atoms with E-state index in [1.807, 2.05) is 25.1 Å². The van der Waals surface area contributed by atoms with Gasteiger partial charge in [-0.2, -0.15) is 0 Å². The van der Waals surface area contributed by atoms with Crippen molar-refractivity contribution in [2.45, 2.75) is 13.8 Å². The van der Waals surface area contributed by atoms with Crippen LogP contribution < -0.4 is 5.32 Å². The van der Waals surface area contributed by atoms with Crippen molar-refractivity contribution in [2.24, 2.45) is 0 Å². The van der Waals surface area contributed by atoms with Crippen LogP contribution in [-0.2, 0) is 9.53 Å². The van der Waals surface area contributed by atoms with E-state index in [9.17, 15) is 4.79 Å².